The molecule has 17 heavy (non-hydrogen) atoms. The van der Waals surface area contributed by atoms with Gasteiger partial charge in [0.05, 0.1) is 11.6 Å². The third-order valence-corrected chi connectivity index (χ3v) is 2.74. The van der Waals surface area contributed by atoms with Crippen LogP contribution in [-0.2, 0) is 4.74 Å². The topological polar surface area (TPSA) is 45.0 Å². The maximum absolute atomic E-state index is 8.83. The van der Waals surface area contributed by atoms with Crippen molar-refractivity contribution < 1.29 is 4.74 Å². The second-order valence-corrected chi connectivity index (χ2v) is 4.11. The number of methoxy groups -OCH3 is 1. The summed E-state index contributed by atoms with van der Waals surface area (Å²) in [5.74, 6) is 0. The van der Waals surface area contributed by atoms with Crippen LogP contribution in [0.15, 0.2) is 24.3 Å². The number of nitrogens with one attached hydrogen (secondary N) is 1. The van der Waals surface area contributed by atoms with E-state index in [4.69, 9.17) is 10.00 Å². The Hall–Kier alpha value is -1.37. The number of ether oxygens (including phenoxy) is 1. The Kier molecular flexibility index (Phi) is 6.31. The molecule has 1 atom stereocenters. The zero-order chi connectivity index (χ0) is 12.5. The minimum Gasteiger partial charge on any atom is -0.385 e. The monoisotopic (exact) mass is 232 g/mol. The fraction of sp³-hybridized carbons (Fsp3) is 0.500. The van der Waals surface area contributed by atoms with E-state index in [1.165, 1.54) is 0 Å². The molecule has 0 aromatic heterocycles. The molecular formula is C14H20N2O. The lowest BCUT2D eigenvalue weighted by molar-refractivity contribution is 0.192. The third kappa shape index (κ3) is 4.99. The molecule has 1 aromatic rings. The number of unbranched alkanes of at least 4 members (excludes halogenated alkanes) is 1. The van der Waals surface area contributed by atoms with E-state index in [0.29, 0.717) is 0 Å². The molecule has 0 aliphatic heterocycles. The highest BCUT2D eigenvalue weighted by Gasteiger charge is 2.04. The summed E-state index contributed by atoms with van der Waals surface area (Å²) in [6.45, 7) is 3.91. The average Bonchev–Trinajstić information content (AvgIpc) is 2.38. The smallest absolute Gasteiger partial charge is 0.0991 e. The highest BCUT2D eigenvalue weighted by molar-refractivity contribution is 5.33. The van der Waals surface area contributed by atoms with Crippen LogP contribution >= 0.6 is 0 Å². The molecule has 1 unspecified atom stereocenters. The molecule has 1 aromatic carbocycles. The Bertz CT molecular complexity index is 371. The van der Waals surface area contributed by atoms with Gasteiger partial charge < -0.3 is 10.1 Å². The molecule has 3 heteroatoms. The first-order chi connectivity index (χ1) is 8.27. The van der Waals surface area contributed by atoms with Crippen molar-refractivity contribution in [2.75, 3.05) is 20.3 Å². The molecule has 1 rings (SSSR count). The van der Waals surface area contributed by atoms with Gasteiger partial charge >= 0.3 is 0 Å². The number of nitrogens with zero attached hydrogens (tertiary/aromatic N) is 1. The first kappa shape index (κ1) is 13.7. The Balaban J connectivity index is 2.36. The highest BCUT2D eigenvalue weighted by Crippen LogP contribution is 2.13. The number of hydrogen-bond acceptors (Lipinski definition) is 3. The van der Waals surface area contributed by atoms with Crippen molar-refractivity contribution in [2.24, 2.45) is 0 Å². The SMILES string of the molecule is COCCCCNC(C)c1cccc(C#N)c1. The van der Waals surface area contributed by atoms with Crippen LogP contribution in [0.5, 0.6) is 0 Å². The van der Waals surface area contributed by atoms with Crippen LogP contribution in [0, 0.1) is 11.3 Å². The number of benzene rings is 1. The maximum Gasteiger partial charge on any atom is 0.0991 e. The molecule has 92 valence electrons. The van der Waals surface area contributed by atoms with Gasteiger partial charge in [0.2, 0.25) is 0 Å². The van der Waals surface area contributed by atoms with E-state index < -0.39 is 0 Å². The second kappa shape index (κ2) is 7.83. The molecule has 0 saturated heterocycles. The number of rotatable bonds is 7. The molecule has 0 aliphatic rings. The lowest BCUT2D eigenvalue weighted by Gasteiger charge is -2.14. The second-order valence-electron chi connectivity index (χ2n) is 4.11. The fourth-order valence-electron chi connectivity index (χ4n) is 1.69. The van der Waals surface area contributed by atoms with Crippen molar-refractivity contribution in [2.45, 2.75) is 25.8 Å². The minimum absolute atomic E-state index is 0.283. The zero-order valence-electron chi connectivity index (χ0n) is 10.6. The van der Waals surface area contributed by atoms with Crippen molar-refractivity contribution in [3.8, 4) is 6.07 Å². The Morgan fingerprint density at radius 3 is 2.94 bits per heavy atom. The van der Waals surface area contributed by atoms with Crippen LogP contribution < -0.4 is 5.32 Å². The zero-order valence-corrected chi connectivity index (χ0v) is 10.6. The standard InChI is InChI=1S/C14H20N2O/c1-12(16-8-3-4-9-17-2)14-7-5-6-13(10-14)11-15/h5-7,10,12,16H,3-4,8-9H2,1-2H3. The summed E-state index contributed by atoms with van der Waals surface area (Å²) in [7, 11) is 1.73. The largest absolute Gasteiger partial charge is 0.385 e. The van der Waals surface area contributed by atoms with Gasteiger partial charge in [-0.2, -0.15) is 5.26 Å². The third-order valence-electron chi connectivity index (χ3n) is 2.74. The summed E-state index contributed by atoms with van der Waals surface area (Å²) in [6, 6.07) is 10.2. The fourth-order valence-corrected chi connectivity index (χ4v) is 1.69. The first-order valence-electron chi connectivity index (χ1n) is 6.00. The molecular weight excluding hydrogens is 212 g/mol. The number of hydrogen-bond donors (Lipinski definition) is 1. The summed E-state index contributed by atoms with van der Waals surface area (Å²) in [5, 5.41) is 12.3. The Morgan fingerprint density at radius 1 is 1.41 bits per heavy atom. The van der Waals surface area contributed by atoms with Crippen molar-refractivity contribution >= 4 is 0 Å². The molecule has 0 aliphatic carbocycles. The van der Waals surface area contributed by atoms with E-state index in [1.54, 1.807) is 7.11 Å². The number of nitriles is 1. The molecule has 0 bridgehead atoms. The molecule has 3 nitrogen and oxygen atoms in total. The van der Waals surface area contributed by atoms with E-state index in [0.717, 1.165) is 37.1 Å². The van der Waals surface area contributed by atoms with Gasteiger partial charge in [0.15, 0.2) is 0 Å². The van der Waals surface area contributed by atoms with Crippen LogP contribution in [-0.4, -0.2) is 20.3 Å². The summed E-state index contributed by atoms with van der Waals surface area (Å²) in [6.07, 6.45) is 2.19. The van der Waals surface area contributed by atoms with Crippen LogP contribution in [0.3, 0.4) is 0 Å². The Labute approximate surface area is 103 Å². The lowest BCUT2D eigenvalue weighted by atomic mass is 10.1. The summed E-state index contributed by atoms with van der Waals surface area (Å²) in [4.78, 5) is 0. The maximum atomic E-state index is 8.83. The van der Waals surface area contributed by atoms with E-state index in [-0.39, 0.29) is 6.04 Å². The van der Waals surface area contributed by atoms with E-state index in [2.05, 4.69) is 18.3 Å². The van der Waals surface area contributed by atoms with E-state index >= 15 is 0 Å². The molecule has 0 fully saturated rings. The van der Waals surface area contributed by atoms with Gasteiger partial charge in [0.25, 0.3) is 0 Å². The average molecular weight is 232 g/mol. The minimum atomic E-state index is 0.283. The Morgan fingerprint density at radius 2 is 2.24 bits per heavy atom. The quantitative estimate of drug-likeness (QED) is 0.735. The highest BCUT2D eigenvalue weighted by atomic mass is 16.5. The molecule has 0 amide bonds. The van der Waals surface area contributed by atoms with Crippen LogP contribution in [0.2, 0.25) is 0 Å². The first-order valence-corrected chi connectivity index (χ1v) is 6.00. The van der Waals surface area contributed by atoms with Gasteiger partial charge in [-0.1, -0.05) is 12.1 Å². The van der Waals surface area contributed by atoms with Gasteiger partial charge in [0.1, 0.15) is 0 Å². The van der Waals surface area contributed by atoms with Gasteiger partial charge in [-0.25, -0.2) is 0 Å². The van der Waals surface area contributed by atoms with Crippen LogP contribution in [0.25, 0.3) is 0 Å². The van der Waals surface area contributed by atoms with E-state index in [9.17, 15) is 0 Å². The molecule has 0 saturated carbocycles. The predicted molar refractivity (Wildman–Crippen MR) is 68.7 cm³/mol. The van der Waals surface area contributed by atoms with Crippen molar-refractivity contribution in [3.05, 3.63) is 35.4 Å². The van der Waals surface area contributed by atoms with E-state index in [1.807, 2.05) is 24.3 Å². The van der Waals surface area contributed by atoms with Gasteiger partial charge in [0, 0.05) is 19.8 Å². The molecule has 0 spiro atoms. The van der Waals surface area contributed by atoms with Crippen LogP contribution in [0.4, 0.5) is 0 Å². The predicted octanol–water partition coefficient (Wildman–Crippen LogP) is 2.64. The lowest BCUT2D eigenvalue weighted by Crippen LogP contribution is -2.20. The van der Waals surface area contributed by atoms with Gasteiger partial charge in [-0.05, 0) is 44.0 Å². The van der Waals surface area contributed by atoms with Crippen molar-refractivity contribution in [3.63, 3.8) is 0 Å². The molecule has 0 heterocycles. The van der Waals surface area contributed by atoms with Gasteiger partial charge in [-0.3, -0.25) is 0 Å². The molecule has 1 N–H and O–H groups in total. The van der Waals surface area contributed by atoms with Crippen molar-refractivity contribution in [1.82, 2.24) is 5.32 Å². The summed E-state index contributed by atoms with van der Waals surface area (Å²) >= 11 is 0. The summed E-state index contributed by atoms with van der Waals surface area (Å²) < 4.78 is 5.00. The normalized spacial score (nSPS) is 12.1. The molecule has 0 radical (unpaired) electrons. The van der Waals surface area contributed by atoms with Crippen molar-refractivity contribution in [1.29, 1.82) is 5.26 Å². The van der Waals surface area contributed by atoms with Gasteiger partial charge in [-0.15, -0.1) is 0 Å². The summed E-state index contributed by atoms with van der Waals surface area (Å²) in [5.41, 5.74) is 1.88. The van der Waals surface area contributed by atoms with Crippen LogP contribution in [0.1, 0.15) is 36.9 Å².